The summed E-state index contributed by atoms with van der Waals surface area (Å²) in [6.45, 7) is 6.27. The zero-order valence-electron chi connectivity index (χ0n) is 13.1. The molecule has 0 saturated carbocycles. The van der Waals surface area contributed by atoms with Crippen LogP contribution in [0.1, 0.15) is 35.7 Å². The average Bonchev–Trinajstić information content (AvgIpc) is 3.13. The van der Waals surface area contributed by atoms with Crippen molar-refractivity contribution in [3.8, 4) is 0 Å². The third-order valence-electron chi connectivity index (χ3n) is 4.80. The number of likely N-dealkylation sites (N-methyl/N-ethyl adjacent to an activating group) is 2. The molecule has 21 heavy (non-hydrogen) atoms. The van der Waals surface area contributed by atoms with E-state index in [0.717, 1.165) is 37.3 Å². The number of amides is 1. The summed E-state index contributed by atoms with van der Waals surface area (Å²) in [7, 11) is 1.93. The second kappa shape index (κ2) is 6.06. The number of carbonyl (C=O) groups excluding carboxylic acids is 1. The van der Waals surface area contributed by atoms with Crippen molar-refractivity contribution < 1.29 is 4.79 Å². The topological polar surface area (TPSA) is 35.6 Å². The Hall–Kier alpha value is -1.55. The smallest absolute Gasteiger partial charge is 0.253 e. The number of nitrogens with one attached hydrogen (secondary N) is 1. The lowest BCUT2D eigenvalue weighted by molar-refractivity contribution is 0.0754. The van der Waals surface area contributed by atoms with E-state index in [1.54, 1.807) is 0 Å². The van der Waals surface area contributed by atoms with E-state index in [1.807, 2.05) is 24.1 Å². The van der Waals surface area contributed by atoms with Crippen LogP contribution in [0.25, 0.3) is 0 Å². The Morgan fingerprint density at radius 1 is 1.48 bits per heavy atom. The summed E-state index contributed by atoms with van der Waals surface area (Å²) < 4.78 is 0. The van der Waals surface area contributed by atoms with Crippen LogP contribution in [-0.4, -0.2) is 55.0 Å². The molecular weight excluding hydrogens is 262 g/mol. The third kappa shape index (κ3) is 2.91. The highest BCUT2D eigenvalue weighted by Gasteiger charge is 2.26. The number of likely N-dealkylation sites (tertiary alicyclic amines) is 1. The summed E-state index contributed by atoms with van der Waals surface area (Å²) in [5.74, 6) is 0.134. The molecule has 114 valence electrons. The fourth-order valence-electron chi connectivity index (χ4n) is 3.56. The first kappa shape index (κ1) is 14.4. The lowest BCUT2D eigenvalue weighted by Crippen LogP contribution is -2.41. The van der Waals surface area contributed by atoms with E-state index in [1.165, 1.54) is 24.9 Å². The first-order valence-corrected chi connectivity index (χ1v) is 8.05. The molecule has 2 heterocycles. The standard InChI is InChI=1S/C17H25N3O/c1-3-20-10-4-5-15(20)12-19(2)17(21)14-7-6-13-8-9-18-16(13)11-14/h6-7,11,15,18H,3-5,8-10,12H2,1-2H3. The zero-order chi connectivity index (χ0) is 14.8. The van der Waals surface area contributed by atoms with Crippen LogP contribution in [0.5, 0.6) is 0 Å². The van der Waals surface area contributed by atoms with E-state index in [9.17, 15) is 4.79 Å². The summed E-state index contributed by atoms with van der Waals surface area (Å²) in [5, 5.41) is 3.34. The van der Waals surface area contributed by atoms with Crippen LogP contribution < -0.4 is 5.32 Å². The van der Waals surface area contributed by atoms with E-state index in [2.05, 4.69) is 23.2 Å². The summed E-state index contributed by atoms with van der Waals surface area (Å²) in [5.41, 5.74) is 3.25. The molecule has 1 amide bonds. The number of carbonyl (C=O) groups is 1. The summed E-state index contributed by atoms with van der Waals surface area (Å²) in [4.78, 5) is 17.0. The predicted octanol–water partition coefficient (Wildman–Crippen LogP) is 2.21. The molecule has 1 aromatic rings. The summed E-state index contributed by atoms with van der Waals surface area (Å²) >= 11 is 0. The van der Waals surface area contributed by atoms with Gasteiger partial charge < -0.3 is 10.2 Å². The average molecular weight is 287 g/mol. The van der Waals surface area contributed by atoms with Gasteiger partial charge in [0, 0.05) is 37.4 Å². The fraction of sp³-hybridized carbons (Fsp3) is 0.588. The molecule has 0 spiro atoms. The number of hydrogen-bond acceptors (Lipinski definition) is 3. The molecule has 1 unspecified atom stereocenters. The number of rotatable bonds is 4. The van der Waals surface area contributed by atoms with Crippen LogP contribution in [0.4, 0.5) is 5.69 Å². The Morgan fingerprint density at radius 3 is 3.14 bits per heavy atom. The van der Waals surface area contributed by atoms with Crippen molar-refractivity contribution in [2.24, 2.45) is 0 Å². The molecule has 0 aromatic heterocycles. The van der Waals surface area contributed by atoms with Gasteiger partial charge in [-0.2, -0.15) is 0 Å². The van der Waals surface area contributed by atoms with Crippen molar-refractivity contribution in [3.63, 3.8) is 0 Å². The Balaban J connectivity index is 1.67. The highest BCUT2D eigenvalue weighted by atomic mass is 16.2. The largest absolute Gasteiger partial charge is 0.384 e. The molecule has 0 radical (unpaired) electrons. The number of benzene rings is 1. The lowest BCUT2D eigenvalue weighted by atomic mass is 10.1. The van der Waals surface area contributed by atoms with Crippen molar-refractivity contribution >= 4 is 11.6 Å². The normalized spacial score (nSPS) is 21.1. The molecule has 1 fully saturated rings. The van der Waals surface area contributed by atoms with Crippen LogP contribution in [0.3, 0.4) is 0 Å². The van der Waals surface area contributed by atoms with Gasteiger partial charge in [-0.05, 0) is 50.0 Å². The van der Waals surface area contributed by atoms with Crippen LogP contribution in [-0.2, 0) is 6.42 Å². The van der Waals surface area contributed by atoms with E-state index >= 15 is 0 Å². The van der Waals surface area contributed by atoms with Gasteiger partial charge in [0.15, 0.2) is 0 Å². The Kier molecular flexibility index (Phi) is 4.15. The molecule has 0 aliphatic carbocycles. The molecule has 1 N–H and O–H groups in total. The third-order valence-corrected chi connectivity index (χ3v) is 4.80. The van der Waals surface area contributed by atoms with Gasteiger partial charge in [-0.25, -0.2) is 0 Å². The van der Waals surface area contributed by atoms with Gasteiger partial charge in [-0.15, -0.1) is 0 Å². The van der Waals surface area contributed by atoms with Crippen LogP contribution in [0, 0.1) is 0 Å². The molecule has 4 nitrogen and oxygen atoms in total. The quantitative estimate of drug-likeness (QED) is 0.922. The maximum Gasteiger partial charge on any atom is 0.253 e. The Labute approximate surface area is 127 Å². The van der Waals surface area contributed by atoms with Crippen molar-refractivity contribution in [2.45, 2.75) is 32.2 Å². The van der Waals surface area contributed by atoms with Gasteiger partial charge in [-0.1, -0.05) is 13.0 Å². The van der Waals surface area contributed by atoms with E-state index in [0.29, 0.717) is 6.04 Å². The highest BCUT2D eigenvalue weighted by molar-refractivity contribution is 5.95. The van der Waals surface area contributed by atoms with E-state index in [4.69, 9.17) is 0 Å². The zero-order valence-corrected chi connectivity index (χ0v) is 13.1. The molecule has 1 atom stereocenters. The van der Waals surface area contributed by atoms with Crippen molar-refractivity contribution in [3.05, 3.63) is 29.3 Å². The minimum atomic E-state index is 0.134. The number of anilines is 1. The van der Waals surface area contributed by atoms with Crippen molar-refractivity contribution in [2.75, 3.05) is 38.5 Å². The molecule has 0 bridgehead atoms. The van der Waals surface area contributed by atoms with Gasteiger partial charge in [0.05, 0.1) is 0 Å². The summed E-state index contributed by atoms with van der Waals surface area (Å²) in [6.07, 6.45) is 3.52. The SMILES string of the molecule is CCN1CCCC1CN(C)C(=O)c1ccc2c(c1)NCC2. The maximum atomic E-state index is 12.6. The van der Waals surface area contributed by atoms with Crippen LogP contribution in [0.15, 0.2) is 18.2 Å². The lowest BCUT2D eigenvalue weighted by Gasteiger charge is -2.28. The van der Waals surface area contributed by atoms with Crippen LogP contribution in [0.2, 0.25) is 0 Å². The minimum Gasteiger partial charge on any atom is -0.384 e. The maximum absolute atomic E-state index is 12.6. The molecule has 1 aromatic carbocycles. The van der Waals surface area contributed by atoms with Crippen LogP contribution >= 0.6 is 0 Å². The van der Waals surface area contributed by atoms with Gasteiger partial charge in [0.1, 0.15) is 0 Å². The molecule has 1 saturated heterocycles. The number of hydrogen-bond donors (Lipinski definition) is 1. The van der Waals surface area contributed by atoms with E-state index in [-0.39, 0.29) is 5.91 Å². The summed E-state index contributed by atoms with van der Waals surface area (Å²) in [6, 6.07) is 6.59. The molecular formula is C17H25N3O. The van der Waals surface area contributed by atoms with Crippen molar-refractivity contribution in [1.29, 1.82) is 0 Å². The monoisotopic (exact) mass is 287 g/mol. The second-order valence-electron chi connectivity index (χ2n) is 6.16. The van der Waals surface area contributed by atoms with Gasteiger partial charge >= 0.3 is 0 Å². The molecule has 2 aliphatic heterocycles. The minimum absolute atomic E-state index is 0.134. The fourth-order valence-corrected chi connectivity index (χ4v) is 3.56. The highest BCUT2D eigenvalue weighted by Crippen LogP contribution is 2.24. The van der Waals surface area contributed by atoms with Gasteiger partial charge in [0.25, 0.3) is 5.91 Å². The van der Waals surface area contributed by atoms with E-state index < -0.39 is 0 Å². The Morgan fingerprint density at radius 2 is 2.33 bits per heavy atom. The Bertz CT molecular complexity index is 529. The van der Waals surface area contributed by atoms with Crippen molar-refractivity contribution in [1.82, 2.24) is 9.80 Å². The molecule has 2 aliphatic rings. The number of nitrogens with zero attached hydrogens (tertiary/aromatic N) is 2. The number of fused-ring (bicyclic) bond motifs is 1. The first-order chi connectivity index (χ1) is 10.2. The van der Waals surface area contributed by atoms with Gasteiger partial charge in [-0.3, -0.25) is 9.69 Å². The second-order valence-corrected chi connectivity index (χ2v) is 6.16. The molecule has 4 heteroatoms. The first-order valence-electron chi connectivity index (χ1n) is 8.05. The predicted molar refractivity (Wildman–Crippen MR) is 85.9 cm³/mol. The van der Waals surface area contributed by atoms with Gasteiger partial charge in [0.2, 0.25) is 0 Å². The molecule has 3 rings (SSSR count).